The quantitative estimate of drug-likeness (QED) is 0.764. The van der Waals surface area contributed by atoms with Crippen LogP contribution in [0.25, 0.3) is 0 Å². The molecular weight excluding hydrogens is 178 g/mol. The highest BCUT2D eigenvalue weighted by Gasteiger charge is 1.99. The molecule has 66 valence electrons. The van der Waals surface area contributed by atoms with E-state index in [2.05, 4.69) is 42.2 Å². The number of hydrogen-bond acceptors (Lipinski definition) is 1. The molecule has 2 aromatic rings. The Labute approximate surface area is 82.2 Å². The molecule has 13 heavy (non-hydrogen) atoms. The van der Waals surface area contributed by atoms with E-state index < -0.39 is 0 Å². The largest absolute Gasteiger partial charge is 0.364 e. The fraction of sp³-hybridized carbons (Fsp3) is 0.0909. The Bertz CT molecular complexity index is 378. The summed E-state index contributed by atoms with van der Waals surface area (Å²) < 4.78 is 0. The SMILES string of the molecule is Cc1[nH]ccc1Sc1ccccc1. The van der Waals surface area contributed by atoms with E-state index in [1.165, 1.54) is 15.5 Å². The first-order valence-electron chi connectivity index (χ1n) is 4.23. The smallest absolute Gasteiger partial charge is 0.0326 e. The zero-order chi connectivity index (χ0) is 9.10. The Morgan fingerprint density at radius 1 is 1.08 bits per heavy atom. The predicted molar refractivity (Wildman–Crippen MR) is 56.1 cm³/mol. The highest BCUT2D eigenvalue weighted by molar-refractivity contribution is 7.99. The van der Waals surface area contributed by atoms with Crippen molar-refractivity contribution in [3.05, 3.63) is 48.3 Å². The van der Waals surface area contributed by atoms with Crippen molar-refractivity contribution < 1.29 is 0 Å². The minimum Gasteiger partial charge on any atom is -0.364 e. The summed E-state index contributed by atoms with van der Waals surface area (Å²) in [6.45, 7) is 2.09. The van der Waals surface area contributed by atoms with Gasteiger partial charge in [0.25, 0.3) is 0 Å². The molecule has 1 heterocycles. The summed E-state index contributed by atoms with van der Waals surface area (Å²) in [7, 11) is 0. The second kappa shape index (κ2) is 3.71. The molecule has 1 aromatic heterocycles. The van der Waals surface area contributed by atoms with Crippen LogP contribution in [0.2, 0.25) is 0 Å². The minimum absolute atomic E-state index is 1.23. The molecule has 0 fully saturated rings. The Kier molecular flexibility index (Phi) is 2.41. The maximum absolute atomic E-state index is 3.17. The third-order valence-electron chi connectivity index (χ3n) is 1.88. The average molecular weight is 189 g/mol. The van der Waals surface area contributed by atoms with Gasteiger partial charge in [-0.3, -0.25) is 0 Å². The number of aryl methyl sites for hydroxylation is 1. The van der Waals surface area contributed by atoms with Gasteiger partial charge >= 0.3 is 0 Å². The van der Waals surface area contributed by atoms with E-state index in [4.69, 9.17) is 0 Å². The van der Waals surface area contributed by atoms with Gasteiger partial charge < -0.3 is 4.98 Å². The van der Waals surface area contributed by atoms with Crippen molar-refractivity contribution >= 4 is 11.8 Å². The van der Waals surface area contributed by atoms with Crippen LogP contribution in [0, 0.1) is 6.92 Å². The number of hydrogen-bond donors (Lipinski definition) is 1. The van der Waals surface area contributed by atoms with E-state index in [9.17, 15) is 0 Å². The van der Waals surface area contributed by atoms with Crippen LogP contribution in [-0.4, -0.2) is 4.98 Å². The fourth-order valence-corrected chi connectivity index (χ4v) is 2.06. The molecule has 1 nitrogen and oxygen atoms in total. The van der Waals surface area contributed by atoms with E-state index in [-0.39, 0.29) is 0 Å². The maximum atomic E-state index is 3.17. The van der Waals surface area contributed by atoms with Gasteiger partial charge in [-0.05, 0) is 25.1 Å². The van der Waals surface area contributed by atoms with Gasteiger partial charge in [0, 0.05) is 21.7 Å². The lowest BCUT2D eigenvalue weighted by atomic mass is 10.4. The van der Waals surface area contributed by atoms with Gasteiger partial charge in [0.05, 0.1) is 0 Å². The Hall–Kier alpha value is -1.15. The van der Waals surface area contributed by atoms with Crippen molar-refractivity contribution in [2.75, 3.05) is 0 Å². The van der Waals surface area contributed by atoms with Gasteiger partial charge in [0.2, 0.25) is 0 Å². The first-order valence-corrected chi connectivity index (χ1v) is 5.05. The summed E-state index contributed by atoms with van der Waals surface area (Å²) in [5.74, 6) is 0. The van der Waals surface area contributed by atoms with Crippen LogP contribution in [0.3, 0.4) is 0 Å². The van der Waals surface area contributed by atoms with Crippen molar-refractivity contribution in [3.63, 3.8) is 0 Å². The van der Waals surface area contributed by atoms with Crippen molar-refractivity contribution in [1.82, 2.24) is 4.98 Å². The van der Waals surface area contributed by atoms with Crippen LogP contribution in [0.15, 0.2) is 52.4 Å². The number of benzene rings is 1. The van der Waals surface area contributed by atoms with Crippen LogP contribution >= 0.6 is 11.8 Å². The number of rotatable bonds is 2. The van der Waals surface area contributed by atoms with Gasteiger partial charge in [0.15, 0.2) is 0 Å². The van der Waals surface area contributed by atoms with Gasteiger partial charge in [-0.1, -0.05) is 30.0 Å². The molecule has 0 aliphatic carbocycles. The first-order chi connectivity index (χ1) is 6.36. The molecule has 0 saturated heterocycles. The second-order valence-corrected chi connectivity index (χ2v) is 4.00. The van der Waals surface area contributed by atoms with Crippen LogP contribution in [0.4, 0.5) is 0 Å². The zero-order valence-corrected chi connectivity index (χ0v) is 8.27. The molecule has 0 aliphatic rings. The van der Waals surface area contributed by atoms with Gasteiger partial charge in [-0.2, -0.15) is 0 Å². The Balaban J connectivity index is 2.20. The molecule has 0 radical (unpaired) electrons. The van der Waals surface area contributed by atoms with Crippen LogP contribution in [0.5, 0.6) is 0 Å². The van der Waals surface area contributed by atoms with Crippen molar-refractivity contribution in [3.8, 4) is 0 Å². The number of aromatic amines is 1. The predicted octanol–water partition coefficient (Wildman–Crippen LogP) is 3.47. The number of aromatic nitrogens is 1. The molecule has 2 heteroatoms. The standard InChI is InChI=1S/C11H11NS/c1-9-11(7-8-12-9)13-10-5-3-2-4-6-10/h2-8,12H,1H3. The summed E-state index contributed by atoms with van der Waals surface area (Å²) in [6.07, 6.45) is 1.97. The molecule has 0 atom stereocenters. The monoisotopic (exact) mass is 189 g/mol. The molecule has 1 aromatic carbocycles. The molecular formula is C11H11NS. The molecule has 0 spiro atoms. The lowest BCUT2D eigenvalue weighted by molar-refractivity contribution is 1.20. The Morgan fingerprint density at radius 2 is 1.85 bits per heavy atom. The van der Waals surface area contributed by atoms with Gasteiger partial charge in [0.1, 0.15) is 0 Å². The third kappa shape index (κ3) is 1.95. The van der Waals surface area contributed by atoms with E-state index in [1.807, 2.05) is 12.3 Å². The molecule has 0 saturated carbocycles. The van der Waals surface area contributed by atoms with E-state index in [0.717, 1.165) is 0 Å². The zero-order valence-electron chi connectivity index (χ0n) is 7.45. The summed E-state index contributed by atoms with van der Waals surface area (Å²) in [5, 5.41) is 0. The van der Waals surface area contributed by atoms with Crippen molar-refractivity contribution in [2.45, 2.75) is 16.7 Å². The van der Waals surface area contributed by atoms with Crippen LogP contribution in [0.1, 0.15) is 5.69 Å². The first kappa shape index (κ1) is 8.45. The van der Waals surface area contributed by atoms with E-state index in [0.29, 0.717) is 0 Å². The number of H-pyrrole nitrogens is 1. The minimum atomic E-state index is 1.23. The topological polar surface area (TPSA) is 15.8 Å². The molecule has 0 aliphatic heterocycles. The highest BCUT2D eigenvalue weighted by Crippen LogP contribution is 2.28. The summed E-state index contributed by atoms with van der Waals surface area (Å²) >= 11 is 1.79. The van der Waals surface area contributed by atoms with Gasteiger partial charge in [-0.15, -0.1) is 0 Å². The van der Waals surface area contributed by atoms with E-state index >= 15 is 0 Å². The summed E-state index contributed by atoms with van der Waals surface area (Å²) in [5.41, 5.74) is 1.23. The fourth-order valence-electron chi connectivity index (χ4n) is 1.16. The maximum Gasteiger partial charge on any atom is 0.0326 e. The van der Waals surface area contributed by atoms with Gasteiger partial charge in [-0.25, -0.2) is 0 Å². The lowest BCUT2D eigenvalue weighted by Crippen LogP contribution is -1.73. The Morgan fingerprint density at radius 3 is 2.46 bits per heavy atom. The second-order valence-electron chi connectivity index (χ2n) is 2.88. The lowest BCUT2D eigenvalue weighted by Gasteiger charge is -1.98. The summed E-state index contributed by atoms with van der Waals surface area (Å²) in [6, 6.07) is 12.5. The highest BCUT2D eigenvalue weighted by atomic mass is 32.2. The van der Waals surface area contributed by atoms with E-state index in [1.54, 1.807) is 11.8 Å². The molecule has 2 rings (SSSR count). The van der Waals surface area contributed by atoms with Crippen LogP contribution in [-0.2, 0) is 0 Å². The normalized spacial score (nSPS) is 10.2. The molecule has 0 bridgehead atoms. The molecule has 1 N–H and O–H groups in total. The van der Waals surface area contributed by atoms with Crippen molar-refractivity contribution in [1.29, 1.82) is 0 Å². The van der Waals surface area contributed by atoms with Crippen LogP contribution < -0.4 is 0 Å². The molecule has 0 amide bonds. The average Bonchev–Trinajstić information content (AvgIpc) is 2.54. The number of nitrogens with one attached hydrogen (secondary N) is 1. The summed E-state index contributed by atoms with van der Waals surface area (Å²) in [4.78, 5) is 5.75. The third-order valence-corrected chi connectivity index (χ3v) is 3.05. The van der Waals surface area contributed by atoms with Crippen molar-refractivity contribution in [2.24, 2.45) is 0 Å². The molecule has 0 unspecified atom stereocenters.